The first-order valence-corrected chi connectivity index (χ1v) is 12.3. The van der Waals surface area contributed by atoms with Gasteiger partial charge in [-0.3, -0.25) is 0 Å². The van der Waals surface area contributed by atoms with Crippen molar-refractivity contribution >= 4 is 0 Å². The van der Waals surface area contributed by atoms with Crippen molar-refractivity contribution in [3.05, 3.63) is 83.4 Å². The van der Waals surface area contributed by atoms with E-state index in [0.717, 1.165) is 36.8 Å². The van der Waals surface area contributed by atoms with E-state index in [1.165, 1.54) is 37.7 Å². The van der Waals surface area contributed by atoms with Crippen molar-refractivity contribution in [3.8, 4) is 22.3 Å². The third kappa shape index (κ3) is 6.51. The van der Waals surface area contributed by atoms with Crippen LogP contribution in [-0.2, 0) is 12.8 Å². The Bertz CT molecular complexity index is 955. The lowest BCUT2D eigenvalue weighted by atomic mass is 9.97. The molecule has 0 spiro atoms. The van der Waals surface area contributed by atoms with Gasteiger partial charge in [0, 0.05) is 5.56 Å². The van der Waals surface area contributed by atoms with Gasteiger partial charge in [0.2, 0.25) is 0 Å². The van der Waals surface area contributed by atoms with Crippen LogP contribution in [-0.4, -0.2) is 0 Å². The number of halogens is 2. The van der Waals surface area contributed by atoms with E-state index in [9.17, 15) is 8.78 Å². The Hall–Kier alpha value is -2.48. The van der Waals surface area contributed by atoms with Crippen LogP contribution in [0.4, 0.5) is 8.78 Å². The van der Waals surface area contributed by atoms with Crippen molar-refractivity contribution in [3.63, 3.8) is 0 Å². The van der Waals surface area contributed by atoms with Gasteiger partial charge in [-0.15, -0.1) is 0 Å². The number of unbranched alkanes of at least 4 members (excludes halogenated alkanes) is 6. The van der Waals surface area contributed by atoms with Gasteiger partial charge in [0.1, 0.15) is 0 Å². The van der Waals surface area contributed by atoms with E-state index in [1.807, 2.05) is 24.3 Å². The summed E-state index contributed by atoms with van der Waals surface area (Å²) in [6.07, 6.45) is 11.0. The Morgan fingerprint density at radius 1 is 0.500 bits per heavy atom. The second kappa shape index (κ2) is 12.5. The molecule has 0 aromatic heterocycles. The van der Waals surface area contributed by atoms with Gasteiger partial charge in [-0.25, -0.2) is 8.78 Å². The molecule has 0 aliphatic heterocycles. The molecular weight excluding hydrogens is 398 g/mol. The van der Waals surface area contributed by atoms with Crippen molar-refractivity contribution in [2.75, 3.05) is 0 Å². The Labute approximate surface area is 192 Å². The van der Waals surface area contributed by atoms with Gasteiger partial charge in [0.05, 0.1) is 0 Å². The molecule has 0 aliphatic carbocycles. The summed E-state index contributed by atoms with van der Waals surface area (Å²) in [4.78, 5) is 0. The molecule has 0 bridgehead atoms. The summed E-state index contributed by atoms with van der Waals surface area (Å²) in [5.74, 6) is -1.42. The number of aryl methyl sites for hydroxylation is 2. The Morgan fingerprint density at radius 3 is 1.69 bits per heavy atom. The summed E-state index contributed by atoms with van der Waals surface area (Å²) in [5, 5.41) is 0. The first-order valence-electron chi connectivity index (χ1n) is 12.3. The Morgan fingerprint density at radius 2 is 1.06 bits per heavy atom. The zero-order valence-electron chi connectivity index (χ0n) is 19.6. The lowest BCUT2D eigenvalue weighted by molar-refractivity contribution is 0.497. The van der Waals surface area contributed by atoms with Gasteiger partial charge < -0.3 is 0 Å². The van der Waals surface area contributed by atoms with Crippen molar-refractivity contribution < 1.29 is 8.78 Å². The number of rotatable bonds is 12. The van der Waals surface area contributed by atoms with Crippen LogP contribution in [0.25, 0.3) is 22.3 Å². The fourth-order valence-electron chi connectivity index (χ4n) is 4.27. The molecule has 0 unspecified atom stereocenters. The quantitative estimate of drug-likeness (QED) is 0.249. The van der Waals surface area contributed by atoms with Gasteiger partial charge in [-0.2, -0.15) is 0 Å². The summed E-state index contributed by atoms with van der Waals surface area (Å²) in [5.41, 5.74) is 5.07. The largest absolute Gasteiger partial charge is 0.203 e. The first kappa shape index (κ1) is 24.2. The fourth-order valence-corrected chi connectivity index (χ4v) is 4.27. The minimum absolute atomic E-state index is 0.329. The highest BCUT2D eigenvalue weighted by atomic mass is 19.2. The van der Waals surface area contributed by atoms with E-state index in [4.69, 9.17) is 0 Å². The number of benzene rings is 3. The summed E-state index contributed by atoms with van der Waals surface area (Å²) >= 11 is 0. The SMILES string of the molecule is CCCCCCCCCc1ccc(-c2ccc(-c3ccc(CCC)cc3)cc2)c(F)c1F. The van der Waals surface area contributed by atoms with Gasteiger partial charge in [0.25, 0.3) is 0 Å². The first-order chi connectivity index (χ1) is 15.6. The molecule has 0 radical (unpaired) electrons. The van der Waals surface area contributed by atoms with Gasteiger partial charge in [-0.05, 0) is 47.1 Å². The molecule has 0 amide bonds. The highest BCUT2D eigenvalue weighted by Crippen LogP contribution is 2.29. The van der Waals surface area contributed by atoms with Crippen LogP contribution in [0.3, 0.4) is 0 Å². The summed E-state index contributed by atoms with van der Waals surface area (Å²) in [6.45, 7) is 4.39. The predicted octanol–water partition coefficient (Wildman–Crippen LogP) is 9.54. The normalized spacial score (nSPS) is 11.1. The van der Waals surface area contributed by atoms with Gasteiger partial charge >= 0.3 is 0 Å². The third-order valence-electron chi connectivity index (χ3n) is 6.23. The predicted molar refractivity (Wildman–Crippen MR) is 133 cm³/mol. The molecule has 2 heteroatoms. The van der Waals surface area contributed by atoms with E-state index < -0.39 is 11.6 Å². The average molecular weight is 435 g/mol. The molecule has 3 aromatic carbocycles. The van der Waals surface area contributed by atoms with Crippen LogP contribution in [0.15, 0.2) is 60.7 Å². The Kier molecular flexibility index (Phi) is 9.46. The molecule has 0 saturated heterocycles. The van der Waals surface area contributed by atoms with Crippen LogP contribution in [0.2, 0.25) is 0 Å². The molecule has 0 fully saturated rings. The molecular formula is C30H36F2. The van der Waals surface area contributed by atoms with Crippen LogP contribution < -0.4 is 0 Å². The lowest BCUT2D eigenvalue weighted by Crippen LogP contribution is -1.98. The van der Waals surface area contributed by atoms with Crippen LogP contribution in [0.1, 0.15) is 76.3 Å². The fraction of sp³-hybridized carbons (Fsp3) is 0.400. The van der Waals surface area contributed by atoms with E-state index in [2.05, 4.69) is 38.1 Å². The van der Waals surface area contributed by atoms with Gasteiger partial charge in [0.15, 0.2) is 11.6 Å². The molecule has 170 valence electrons. The smallest absolute Gasteiger partial charge is 0.166 e. The summed E-state index contributed by atoms with van der Waals surface area (Å²) in [7, 11) is 0. The van der Waals surface area contributed by atoms with Crippen molar-refractivity contribution in [2.24, 2.45) is 0 Å². The van der Waals surface area contributed by atoms with Crippen molar-refractivity contribution in [2.45, 2.75) is 78.1 Å². The monoisotopic (exact) mass is 434 g/mol. The maximum atomic E-state index is 14.8. The molecule has 0 nitrogen and oxygen atoms in total. The average Bonchev–Trinajstić information content (AvgIpc) is 2.82. The highest BCUT2D eigenvalue weighted by Gasteiger charge is 2.14. The minimum Gasteiger partial charge on any atom is -0.203 e. The molecule has 3 rings (SSSR count). The maximum Gasteiger partial charge on any atom is 0.166 e. The van der Waals surface area contributed by atoms with Gasteiger partial charge in [-0.1, -0.05) is 119 Å². The van der Waals surface area contributed by atoms with Crippen LogP contribution in [0, 0.1) is 11.6 Å². The molecule has 0 heterocycles. The lowest BCUT2D eigenvalue weighted by Gasteiger charge is -2.10. The summed E-state index contributed by atoms with van der Waals surface area (Å²) < 4.78 is 29.5. The molecule has 0 aliphatic rings. The minimum atomic E-state index is -0.734. The van der Waals surface area contributed by atoms with Crippen LogP contribution >= 0.6 is 0 Å². The highest BCUT2D eigenvalue weighted by molar-refractivity contribution is 5.71. The summed E-state index contributed by atoms with van der Waals surface area (Å²) in [6, 6.07) is 19.8. The van der Waals surface area contributed by atoms with E-state index in [0.29, 0.717) is 23.1 Å². The maximum absolute atomic E-state index is 14.8. The van der Waals surface area contributed by atoms with Crippen LogP contribution in [0.5, 0.6) is 0 Å². The molecule has 0 saturated carbocycles. The zero-order chi connectivity index (χ0) is 22.8. The number of hydrogen-bond donors (Lipinski definition) is 0. The zero-order valence-corrected chi connectivity index (χ0v) is 19.6. The van der Waals surface area contributed by atoms with E-state index in [1.54, 1.807) is 12.1 Å². The molecule has 0 atom stereocenters. The van der Waals surface area contributed by atoms with Crippen molar-refractivity contribution in [1.29, 1.82) is 0 Å². The van der Waals surface area contributed by atoms with E-state index >= 15 is 0 Å². The van der Waals surface area contributed by atoms with Crippen molar-refractivity contribution in [1.82, 2.24) is 0 Å². The molecule has 3 aromatic rings. The Balaban J connectivity index is 1.63. The standard InChI is InChI=1S/C30H36F2/c1-3-5-6-7-8-9-10-12-27-21-22-28(30(32)29(27)31)26-19-17-25(18-20-26)24-15-13-23(11-4-2)14-16-24/h13-22H,3-12H2,1-2H3. The topological polar surface area (TPSA) is 0 Å². The second-order valence-electron chi connectivity index (χ2n) is 8.80. The second-order valence-corrected chi connectivity index (χ2v) is 8.80. The third-order valence-corrected chi connectivity index (χ3v) is 6.23. The molecule has 0 N–H and O–H groups in total. The number of hydrogen-bond acceptors (Lipinski definition) is 0. The van der Waals surface area contributed by atoms with E-state index in [-0.39, 0.29) is 0 Å². The molecule has 32 heavy (non-hydrogen) atoms.